The molecule has 6 nitrogen and oxygen atoms in total. The Labute approximate surface area is 203 Å². The van der Waals surface area contributed by atoms with Gasteiger partial charge in [0.15, 0.2) is 0 Å². The van der Waals surface area contributed by atoms with E-state index in [1.54, 1.807) is 24.1 Å². The molecule has 3 rings (SSSR count). The minimum atomic E-state index is -0.494. The molecule has 2 aromatic carbocycles. The number of amides is 1. The van der Waals surface area contributed by atoms with Gasteiger partial charge in [-0.05, 0) is 35.6 Å². The van der Waals surface area contributed by atoms with Gasteiger partial charge in [-0.2, -0.15) is 0 Å². The summed E-state index contributed by atoms with van der Waals surface area (Å²) in [5, 5.41) is 12.0. The zero-order chi connectivity index (χ0) is 23.6. The van der Waals surface area contributed by atoms with Crippen LogP contribution in [-0.2, 0) is 20.9 Å². The predicted octanol–water partition coefficient (Wildman–Crippen LogP) is 4.30. The Morgan fingerprint density at radius 1 is 1.24 bits per heavy atom. The van der Waals surface area contributed by atoms with Crippen LogP contribution in [0.2, 0.25) is 0 Å². The van der Waals surface area contributed by atoms with Crippen molar-refractivity contribution in [2.45, 2.75) is 32.4 Å². The number of nitrogens with zero attached hydrogens (tertiary/aromatic N) is 1. The summed E-state index contributed by atoms with van der Waals surface area (Å²) in [7, 11) is 0. The van der Waals surface area contributed by atoms with E-state index in [1.807, 2.05) is 29.2 Å². The third-order valence-electron chi connectivity index (χ3n) is 5.47. The third kappa shape index (κ3) is 6.79. The quantitative estimate of drug-likeness (QED) is 0.212. The number of rotatable bonds is 11. The number of aliphatic hydroxyl groups is 1. The van der Waals surface area contributed by atoms with Crippen molar-refractivity contribution in [3.05, 3.63) is 70.8 Å². The number of likely N-dealkylation sites (tertiary alicyclic amines) is 1. The van der Waals surface area contributed by atoms with Gasteiger partial charge in [-0.3, -0.25) is 4.79 Å². The van der Waals surface area contributed by atoms with Gasteiger partial charge in [-0.25, -0.2) is 4.79 Å². The van der Waals surface area contributed by atoms with E-state index in [0.29, 0.717) is 19.6 Å². The van der Waals surface area contributed by atoms with E-state index in [9.17, 15) is 14.7 Å². The smallest absolute Gasteiger partial charge is 0.354 e. The molecule has 33 heavy (non-hydrogen) atoms. The highest BCUT2D eigenvalue weighted by molar-refractivity contribution is 8.17. The minimum Gasteiger partial charge on any atom is -0.461 e. The number of benzene rings is 2. The largest absolute Gasteiger partial charge is 0.461 e. The van der Waals surface area contributed by atoms with E-state index in [4.69, 9.17) is 10.5 Å². The van der Waals surface area contributed by atoms with Crippen molar-refractivity contribution in [1.29, 1.82) is 0 Å². The van der Waals surface area contributed by atoms with Crippen LogP contribution in [0.25, 0.3) is 11.1 Å². The first-order chi connectivity index (χ1) is 16.0. The maximum Gasteiger partial charge on any atom is 0.354 e. The van der Waals surface area contributed by atoms with Gasteiger partial charge >= 0.3 is 5.97 Å². The monoisotopic (exact) mass is 486 g/mol. The van der Waals surface area contributed by atoms with Crippen molar-refractivity contribution in [2.75, 3.05) is 24.0 Å². The van der Waals surface area contributed by atoms with Crippen molar-refractivity contribution >= 4 is 35.4 Å². The average Bonchev–Trinajstić information content (AvgIpc) is 3.21. The molecule has 0 bridgehead atoms. The van der Waals surface area contributed by atoms with Gasteiger partial charge in [-0.15, -0.1) is 23.5 Å². The molecule has 2 aromatic rings. The van der Waals surface area contributed by atoms with Gasteiger partial charge in [0.25, 0.3) is 0 Å². The molecule has 0 saturated carbocycles. The summed E-state index contributed by atoms with van der Waals surface area (Å²) in [5.74, 6) is 0.505. The third-order valence-corrected chi connectivity index (χ3v) is 7.57. The van der Waals surface area contributed by atoms with E-state index in [2.05, 4.69) is 24.3 Å². The van der Waals surface area contributed by atoms with Crippen molar-refractivity contribution in [3.8, 4) is 11.1 Å². The average molecular weight is 487 g/mol. The number of carbonyl (C=O) groups is 2. The number of aliphatic hydroxyl groups excluding tert-OH is 1. The SMILES string of the molecule is CCOC(=O)/C(N)=C/SCSCCN1C(=O)CCC1c1ccc(-c2ccccc2CO)cc1. The molecule has 1 atom stereocenters. The Hall–Kier alpha value is -2.42. The van der Waals surface area contributed by atoms with Crippen LogP contribution in [0.1, 0.15) is 36.9 Å². The Kier molecular flexibility index (Phi) is 9.72. The lowest BCUT2D eigenvalue weighted by atomic mass is 9.97. The molecular formula is C25H30N2O4S2. The first-order valence-electron chi connectivity index (χ1n) is 11.0. The van der Waals surface area contributed by atoms with Crippen LogP contribution in [0.15, 0.2) is 59.6 Å². The van der Waals surface area contributed by atoms with Crippen LogP contribution in [0.5, 0.6) is 0 Å². The highest BCUT2D eigenvalue weighted by Crippen LogP contribution is 2.34. The van der Waals surface area contributed by atoms with E-state index in [-0.39, 0.29) is 24.3 Å². The van der Waals surface area contributed by atoms with E-state index < -0.39 is 5.97 Å². The van der Waals surface area contributed by atoms with E-state index in [1.165, 1.54) is 11.8 Å². The molecule has 1 fully saturated rings. The van der Waals surface area contributed by atoms with Crippen LogP contribution in [0.4, 0.5) is 0 Å². The van der Waals surface area contributed by atoms with Gasteiger partial charge < -0.3 is 20.5 Å². The molecule has 3 N–H and O–H groups in total. The van der Waals surface area contributed by atoms with Gasteiger partial charge in [0.05, 0.1) is 19.3 Å². The van der Waals surface area contributed by atoms with Gasteiger partial charge in [0.1, 0.15) is 5.70 Å². The maximum absolute atomic E-state index is 12.5. The molecule has 1 amide bonds. The molecule has 0 radical (unpaired) electrons. The van der Waals surface area contributed by atoms with Crippen LogP contribution in [0.3, 0.4) is 0 Å². The summed E-state index contributed by atoms with van der Waals surface area (Å²) >= 11 is 3.16. The van der Waals surface area contributed by atoms with Crippen LogP contribution < -0.4 is 5.73 Å². The molecule has 1 aliphatic heterocycles. The highest BCUT2D eigenvalue weighted by atomic mass is 32.2. The fourth-order valence-electron chi connectivity index (χ4n) is 3.84. The fraction of sp³-hybridized carbons (Fsp3) is 0.360. The van der Waals surface area contributed by atoms with Gasteiger partial charge in [0, 0.05) is 29.2 Å². The molecule has 1 aliphatic rings. The zero-order valence-electron chi connectivity index (χ0n) is 18.7. The minimum absolute atomic E-state index is 0.00396. The van der Waals surface area contributed by atoms with Crippen LogP contribution in [0, 0.1) is 0 Å². The number of ether oxygens (including phenoxy) is 1. The maximum atomic E-state index is 12.5. The lowest BCUT2D eigenvalue weighted by Crippen LogP contribution is -2.30. The van der Waals surface area contributed by atoms with Gasteiger partial charge in [-0.1, -0.05) is 48.5 Å². The standard InChI is InChI=1S/C25H30N2O4S2/c1-2-31-25(30)22(26)16-33-17-32-14-13-27-23(11-12-24(27)29)19-9-7-18(8-10-19)21-6-4-3-5-20(21)15-28/h3-10,16,23,28H,2,11-15,17,26H2,1H3/b22-16-. The first kappa shape index (κ1) is 25.2. The normalized spacial score (nSPS) is 16.3. The predicted molar refractivity (Wildman–Crippen MR) is 135 cm³/mol. The Balaban J connectivity index is 1.53. The van der Waals surface area contributed by atoms with Crippen molar-refractivity contribution in [2.24, 2.45) is 5.73 Å². The number of hydrogen-bond donors (Lipinski definition) is 2. The number of nitrogens with two attached hydrogens (primary N) is 1. The first-order valence-corrected chi connectivity index (χ1v) is 13.2. The second kappa shape index (κ2) is 12.7. The Bertz CT molecular complexity index is 979. The van der Waals surface area contributed by atoms with Crippen LogP contribution in [-0.4, -0.2) is 45.9 Å². The lowest BCUT2D eigenvalue weighted by Gasteiger charge is -2.25. The van der Waals surface area contributed by atoms with Gasteiger partial charge in [0.2, 0.25) is 5.91 Å². The summed E-state index contributed by atoms with van der Waals surface area (Å²) in [6.07, 6.45) is 1.39. The van der Waals surface area contributed by atoms with E-state index >= 15 is 0 Å². The number of esters is 1. The van der Waals surface area contributed by atoms with Crippen molar-refractivity contribution in [1.82, 2.24) is 4.90 Å². The second-order valence-corrected chi connectivity index (χ2v) is 9.89. The molecule has 176 valence electrons. The number of hydrogen-bond acceptors (Lipinski definition) is 7. The van der Waals surface area contributed by atoms with Crippen molar-refractivity contribution < 1.29 is 19.4 Å². The van der Waals surface area contributed by atoms with Crippen molar-refractivity contribution in [3.63, 3.8) is 0 Å². The molecule has 8 heteroatoms. The summed E-state index contributed by atoms with van der Waals surface area (Å²) in [4.78, 5) is 25.9. The fourth-order valence-corrected chi connectivity index (χ4v) is 5.57. The molecule has 1 unspecified atom stereocenters. The highest BCUT2D eigenvalue weighted by Gasteiger charge is 2.31. The summed E-state index contributed by atoms with van der Waals surface area (Å²) in [6, 6.07) is 16.2. The number of carbonyl (C=O) groups excluding carboxylic acids is 2. The molecule has 0 aromatic heterocycles. The summed E-state index contributed by atoms with van der Waals surface area (Å²) in [5.41, 5.74) is 9.90. The molecule has 1 heterocycles. The number of thioether (sulfide) groups is 2. The molecular weight excluding hydrogens is 456 g/mol. The zero-order valence-corrected chi connectivity index (χ0v) is 20.4. The molecule has 0 spiro atoms. The Morgan fingerprint density at radius 3 is 2.73 bits per heavy atom. The second-order valence-electron chi connectivity index (χ2n) is 7.57. The lowest BCUT2D eigenvalue weighted by molar-refractivity contribution is -0.138. The van der Waals surface area contributed by atoms with E-state index in [0.717, 1.165) is 39.5 Å². The molecule has 0 aliphatic carbocycles. The topological polar surface area (TPSA) is 92.9 Å². The summed E-state index contributed by atoms with van der Waals surface area (Å²) in [6.45, 7) is 2.73. The van der Waals surface area contributed by atoms with Crippen LogP contribution >= 0.6 is 23.5 Å². The Morgan fingerprint density at radius 2 is 2.00 bits per heavy atom. The summed E-state index contributed by atoms with van der Waals surface area (Å²) < 4.78 is 4.85. The molecule has 1 saturated heterocycles.